The second-order valence-electron chi connectivity index (χ2n) is 8.98. The summed E-state index contributed by atoms with van der Waals surface area (Å²) in [5.41, 5.74) is 4.73. The molecular formula is C26H22N6O. The summed E-state index contributed by atoms with van der Waals surface area (Å²) in [4.78, 5) is 7.07. The van der Waals surface area contributed by atoms with E-state index in [4.69, 9.17) is 9.72 Å². The number of ether oxygens (including phenoxy) is 1. The van der Waals surface area contributed by atoms with Crippen molar-refractivity contribution in [1.82, 2.24) is 19.6 Å². The van der Waals surface area contributed by atoms with Gasteiger partial charge in [0.25, 0.3) is 5.78 Å². The van der Waals surface area contributed by atoms with Crippen LogP contribution in [0.3, 0.4) is 0 Å². The minimum absolute atomic E-state index is 0.149. The van der Waals surface area contributed by atoms with E-state index in [1.165, 1.54) is 0 Å². The van der Waals surface area contributed by atoms with Gasteiger partial charge in [-0.2, -0.15) is 10.2 Å². The summed E-state index contributed by atoms with van der Waals surface area (Å²) >= 11 is 0. The standard InChI is InChI=1S/C26H22N6O/c1-17-29-30-25-28-24(20-14-18(15-27)6-7-23(20)32(17)25)31-12-13-33-16-21-19(4-3-5-22(21)31)8-9-26(2)10-11-26/h3-7,14H,10-13,16H2,1-2H3. The van der Waals surface area contributed by atoms with E-state index in [1.807, 2.05) is 35.6 Å². The van der Waals surface area contributed by atoms with Crippen LogP contribution in [0.2, 0.25) is 0 Å². The summed E-state index contributed by atoms with van der Waals surface area (Å²) in [6.07, 6.45) is 2.32. The fourth-order valence-electron chi connectivity index (χ4n) is 4.34. The lowest BCUT2D eigenvalue weighted by Crippen LogP contribution is -2.22. The van der Waals surface area contributed by atoms with E-state index in [0.717, 1.165) is 52.2 Å². The number of benzene rings is 2. The van der Waals surface area contributed by atoms with E-state index in [2.05, 4.69) is 52.1 Å². The third-order valence-corrected chi connectivity index (χ3v) is 6.52. The molecule has 1 aliphatic heterocycles. The number of rotatable bonds is 1. The third kappa shape index (κ3) is 3.29. The van der Waals surface area contributed by atoms with Crippen LogP contribution in [0.25, 0.3) is 16.7 Å². The second kappa shape index (κ2) is 7.30. The molecule has 1 fully saturated rings. The monoisotopic (exact) mass is 434 g/mol. The lowest BCUT2D eigenvalue weighted by Gasteiger charge is -2.25. The van der Waals surface area contributed by atoms with Gasteiger partial charge in [0.05, 0.1) is 30.4 Å². The van der Waals surface area contributed by atoms with Crippen LogP contribution in [0.4, 0.5) is 11.5 Å². The first-order valence-electron chi connectivity index (χ1n) is 11.1. The summed E-state index contributed by atoms with van der Waals surface area (Å²) in [5.74, 6) is 8.89. The van der Waals surface area contributed by atoms with E-state index in [-0.39, 0.29) is 5.41 Å². The molecule has 0 N–H and O–H groups in total. The molecule has 3 heterocycles. The molecule has 1 aliphatic carbocycles. The van der Waals surface area contributed by atoms with Crippen molar-refractivity contribution >= 4 is 28.2 Å². The molecule has 7 heteroatoms. The average molecular weight is 435 g/mol. The molecule has 4 aromatic rings. The maximum atomic E-state index is 9.54. The number of hydrogen-bond donors (Lipinski definition) is 0. The fourth-order valence-corrected chi connectivity index (χ4v) is 4.34. The van der Waals surface area contributed by atoms with Crippen LogP contribution in [-0.2, 0) is 11.3 Å². The summed E-state index contributed by atoms with van der Waals surface area (Å²) in [5, 5.41) is 18.9. The molecule has 7 nitrogen and oxygen atoms in total. The van der Waals surface area contributed by atoms with Crippen molar-refractivity contribution in [3.8, 4) is 17.9 Å². The second-order valence-corrected chi connectivity index (χ2v) is 8.98. The average Bonchev–Trinajstić information content (AvgIpc) is 3.52. The van der Waals surface area contributed by atoms with Gasteiger partial charge < -0.3 is 9.64 Å². The Balaban J connectivity index is 1.59. The van der Waals surface area contributed by atoms with Crippen molar-refractivity contribution in [2.24, 2.45) is 5.41 Å². The van der Waals surface area contributed by atoms with Crippen LogP contribution in [-0.4, -0.2) is 32.7 Å². The van der Waals surface area contributed by atoms with Crippen LogP contribution in [0.1, 0.15) is 42.3 Å². The quantitative estimate of drug-likeness (QED) is 0.416. The number of hydrogen-bond acceptors (Lipinski definition) is 6. The van der Waals surface area contributed by atoms with Crippen LogP contribution < -0.4 is 4.90 Å². The molecule has 0 saturated heterocycles. The Kier molecular flexibility index (Phi) is 4.36. The fraction of sp³-hybridized carbons (Fsp3) is 0.308. The topological polar surface area (TPSA) is 79.3 Å². The van der Waals surface area contributed by atoms with E-state index in [9.17, 15) is 5.26 Å². The van der Waals surface area contributed by atoms with Crippen molar-refractivity contribution in [3.05, 3.63) is 58.9 Å². The third-order valence-electron chi connectivity index (χ3n) is 6.52. The largest absolute Gasteiger partial charge is 0.375 e. The van der Waals surface area contributed by atoms with Crippen LogP contribution in [0.15, 0.2) is 36.4 Å². The zero-order chi connectivity index (χ0) is 22.6. The summed E-state index contributed by atoms with van der Waals surface area (Å²) in [6, 6.07) is 14.1. The molecule has 0 radical (unpaired) electrons. The molecule has 6 rings (SSSR count). The molecule has 2 aromatic heterocycles. The van der Waals surface area contributed by atoms with Gasteiger partial charge in [-0.05, 0) is 57.0 Å². The molecule has 2 aliphatic rings. The SMILES string of the molecule is Cc1nnc2nc(N3CCOCc4c(C#CC5(C)CC5)cccc43)c3cc(C#N)ccc3n12. The zero-order valence-corrected chi connectivity index (χ0v) is 18.6. The number of nitrogens with zero attached hydrogens (tertiary/aromatic N) is 6. The highest BCUT2D eigenvalue weighted by atomic mass is 16.5. The smallest absolute Gasteiger partial charge is 0.257 e. The summed E-state index contributed by atoms with van der Waals surface area (Å²) < 4.78 is 7.91. The Bertz CT molecular complexity index is 1530. The molecule has 0 bridgehead atoms. The first-order valence-corrected chi connectivity index (χ1v) is 11.1. The predicted molar refractivity (Wildman–Crippen MR) is 125 cm³/mol. The van der Waals surface area contributed by atoms with Gasteiger partial charge in [-0.3, -0.25) is 4.40 Å². The molecule has 0 unspecified atom stereocenters. The first-order chi connectivity index (χ1) is 16.1. The minimum Gasteiger partial charge on any atom is -0.375 e. The molecular weight excluding hydrogens is 412 g/mol. The Hall–Kier alpha value is -3.94. The molecule has 0 atom stereocenters. The Labute approximate surface area is 191 Å². The molecule has 33 heavy (non-hydrogen) atoms. The molecule has 0 spiro atoms. The number of anilines is 2. The Morgan fingerprint density at radius 3 is 2.85 bits per heavy atom. The maximum Gasteiger partial charge on any atom is 0.257 e. The van der Waals surface area contributed by atoms with Gasteiger partial charge in [0.15, 0.2) is 0 Å². The van der Waals surface area contributed by atoms with Crippen molar-refractivity contribution < 1.29 is 4.74 Å². The number of fused-ring (bicyclic) bond motifs is 4. The van der Waals surface area contributed by atoms with E-state index in [0.29, 0.717) is 31.1 Å². The van der Waals surface area contributed by atoms with Crippen molar-refractivity contribution in [3.63, 3.8) is 0 Å². The van der Waals surface area contributed by atoms with Gasteiger partial charge in [0, 0.05) is 34.2 Å². The van der Waals surface area contributed by atoms with Crippen molar-refractivity contribution in [2.75, 3.05) is 18.1 Å². The number of aryl methyl sites for hydroxylation is 1. The van der Waals surface area contributed by atoms with E-state index >= 15 is 0 Å². The van der Waals surface area contributed by atoms with Crippen LogP contribution >= 0.6 is 0 Å². The number of aromatic nitrogens is 4. The molecule has 1 saturated carbocycles. The van der Waals surface area contributed by atoms with Gasteiger partial charge in [0.1, 0.15) is 11.6 Å². The first kappa shape index (κ1) is 19.7. The highest BCUT2D eigenvalue weighted by Gasteiger charge is 2.35. The molecule has 0 amide bonds. The molecule has 162 valence electrons. The van der Waals surface area contributed by atoms with E-state index in [1.54, 1.807) is 0 Å². The highest BCUT2D eigenvalue weighted by molar-refractivity contribution is 5.95. The normalized spacial score (nSPS) is 16.6. The van der Waals surface area contributed by atoms with Crippen molar-refractivity contribution in [1.29, 1.82) is 5.26 Å². The van der Waals surface area contributed by atoms with Gasteiger partial charge in [0.2, 0.25) is 0 Å². The summed E-state index contributed by atoms with van der Waals surface area (Å²) in [6.45, 7) is 5.80. The number of nitriles is 1. The van der Waals surface area contributed by atoms with Gasteiger partial charge in [-0.15, -0.1) is 10.2 Å². The van der Waals surface area contributed by atoms with Gasteiger partial charge >= 0.3 is 0 Å². The van der Waals surface area contributed by atoms with Gasteiger partial charge in [-0.25, -0.2) is 0 Å². The lowest BCUT2D eigenvalue weighted by molar-refractivity contribution is 0.133. The lowest BCUT2D eigenvalue weighted by atomic mass is 10.0. The highest BCUT2D eigenvalue weighted by Crippen LogP contribution is 2.44. The van der Waals surface area contributed by atoms with Crippen LogP contribution in [0, 0.1) is 35.5 Å². The van der Waals surface area contributed by atoms with E-state index < -0.39 is 0 Å². The maximum absolute atomic E-state index is 9.54. The zero-order valence-electron chi connectivity index (χ0n) is 18.6. The molecule has 2 aromatic carbocycles. The Morgan fingerprint density at radius 2 is 2.03 bits per heavy atom. The predicted octanol–water partition coefficient (Wildman–Crippen LogP) is 4.28. The minimum atomic E-state index is 0.149. The van der Waals surface area contributed by atoms with Crippen LogP contribution in [0.5, 0.6) is 0 Å². The Morgan fingerprint density at radius 1 is 1.15 bits per heavy atom. The summed E-state index contributed by atoms with van der Waals surface area (Å²) in [7, 11) is 0. The van der Waals surface area contributed by atoms with Crippen molar-refractivity contribution in [2.45, 2.75) is 33.3 Å². The van der Waals surface area contributed by atoms with Gasteiger partial charge in [-0.1, -0.05) is 17.9 Å².